The van der Waals surface area contributed by atoms with Gasteiger partial charge in [0.2, 0.25) is 0 Å². The third-order valence-electron chi connectivity index (χ3n) is 7.02. The van der Waals surface area contributed by atoms with Gasteiger partial charge in [0.15, 0.2) is 0 Å². The van der Waals surface area contributed by atoms with Gasteiger partial charge in [0.1, 0.15) is 0 Å². The number of allylic oxidation sites excluding steroid dienone is 2. The van der Waals surface area contributed by atoms with Crippen LogP contribution < -0.4 is 0 Å². The van der Waals surface area contributed by atoms with E-state index in [1.54, 1.807) is 0 Å². The van der Waals surface area contributed by atoms with Crippen LogP contribution in [0.5, 0.6) is 0 Å². The average molecular weight is 509 g/mol. The summed E-state index contributed by atoms with van der Waals surface area (Å²) in [5, 5.41) is 0. The Bertz CT molecular complexity index is 458. The van der Waals surface area contributed by atoms with E-state index in [1.807, 2.05) is 0 Å². The van der Waals surface area contributed by atoms with Crippen LogP contribution in [0.4, 0.5) is 4.79 Å². The Labute approximate surface area is 226 Å². The number of carbonyl (C=O) groups is 1. The summed E-state index contributed by atoms with van der Waals surface area (Å²) in [6.07, 6.45) is 35.2. The van der Waals surface area contributed by atoms with Gasteiger partial charge in [0, 0.05) is 0 Å². The lowest BCUT2D eigenvalue weighted by Gasteiger charge is -2.07. The predicted octanol–water partition coefficient (Wildman–Crippen LogP) is 11.7. The molecule has 0 spiro atoms. The van der Waals surface area contributed by atoms with Crippen LogP contribution >= 0.6 is 0 Å². The molecule has 0 fully saturated rings. The molecule has 0 heterocycles. The second-order valence-corrected chi connectivity index (χ2v) is 11.2. The zero-order valence-corrected chi connectivity index (χ0v) is 24.8. The molecule has 0 unspecified atom stereocenters. The molecule has 0 saturated heterocycles. The molecule has 36 heavy (non-hydrogen) atoms. The Kier molecular flexibility index (Phi) is 29.4. The van der Waals surface area contributed by atoms with Gasteiger partial charge in [-0.25, -0.2) is 4.79 Å². The van der Waals surface area contributed by atoms with Crippen LogP contribution in [0.15, 0.2) is 12.2 Å². The summed E-state index contributed by atoms with van der Waals surface area (Å²) in [7, 11) is 0. The van der Waals surface area contributed by atoms with Crippen molar-refractivity contribution in [3.05, 3.63) is 12.2 Å². The first-order valence-corrected chi connectivity index (χ1v) is 16.1. The Hall–Kier alpha value is -0.990. The van der Waals surface area contributed by atoms with Gasteiger partial charge in [-0.15, -0.1) is 0 Å². The summed E-state index contributed by atoms with van der Waals surface area (Å²) in [4.78, 5) is 11.7. The first-order valence-electron chi connectivity index (χ1n) is 16.1. The lowest BCUT2D eigenvalue weighted by Crippen LogP contribution is -2.09. The first-order chi connectivity index (χ1) is 17.7. The number of carbonyl (C=O) groups excluding carboxylic acids is 1. The molecule has 3 heteroatoms. The van der Waals surface area contributed by atoms with Crippen LogP contribution in [0.25, 0.3) is 0 Å². The number of hydrogen-bond donors (Lipinski definition) is 0. The van der Waals surface area contributed by atoms with Gasteiger partial charge < -0.3 is 9.47 Å². The minimum Gasteiger partial charge on any atom is -0.434 e. The van der Waals surface area contributed by atoms with Crippen molar-refractivity contribution in [1.29, 1.82) is 0 Å². The number of ether oxygens (including phenoxy) is 2. The molecule has 0 aromatic heterocycles. The average Bonchev–Trinajstić information content (AvgIpc) is 2.86. The zero-order valence-electron chi connectivity index (χ0n) is 24.8. The van der Waals surface area contributed by atoms with Crippen molar-refractivity contribution < 1.29 is 14.3 Å². The van der Waals surface area contributed by atoms with E-state index in [0.29, 0.717) is 13.2 Å². The molecule has 3 nitrogen and oxygen atoms in total. The van der Waals surface area contributed by atoms with Crippen LogP contribution in [0.1, 0.15) is 175 Å². The highest BCUT2D eigenvalue weighted by Gasteiger charge is 2.03. The highest BCUT2D eigenvalue weighted by atomic mass is 16.7. The predicted molar refractivity (Wildman–Crippen MR) is 158 cm³/mol. The van der Waals surface area contributed by atoms with Crippen LogP contribution in [0, 0.1) is 5.92 Å². The molecule has 0 saturated carbocycles. The maximum atomic E-state index is 11.7. The third-order valence-corrected chi connectivity index (χ3v) is 7.02. The molecule has 0 N–H and O–H groups in total. The lowest BCUT2D eigenvalue weighted by molar-refractivity contribution is 0.0529. The van der Waals surface area contributed by atoms with Gasteiger partial charge in [-0.3, -0.25) is 0 Å². The fraction of sp³-hybridized carbons (Fsp3) is 0.909. The Morgan fingerprint density at radius 2 is 0.889 bits per heavy atom. The maximum Gasteiger partial charge on any atom is 0.508 e. The Morgan fingerprint density at radius 1 is 0.528 bits per heavy atom. The van der Waals surface area contributed by atoms with Gasteiger partial charge in [-0.2, -0.15) is 0 Å². The van der Waals surface area contributed by atoms with E-state index in [1.165, 1.54) is 128 Å². The Morgan fingerprint density at radius 3 is 1.31 bits per heavy atom. The van der Waals surface area contributed by atoms with E-state index in [4.69, 9.17) is 9.47 Å². The van der Waals surface area contributed by atoms with E-state index in [0.717, 1.165) is 31.6 Å². The molecule has 0 rings (SSSR count). The van der Waals surface area contributed by atoms with E-state index < -0.39 is 6.16 Å². The topological polar surface area (TPSA) is 35.5 Å². The van der Waals surface area contributed by atoms with Crippen molar-refractivity contribution in [2.24, 2.45) is 5.92 Å². The monoisotopic (exact) mass is 508 g/mol. The normalized spacial score (nSPS) is 11.6. The fourth-order valence-electron chi connectivity index (χ4n) is 4.59. The van der Waals surface area contributed by atoms with Crippen LogP contribution in [0.2, 0.25) is 0 Å². The molecule has 0 radical (unpaired) electrons. The van der Waals surface area contributed by atoms with E-state index >= 15 is 0 Å². The van der Waals surface area contributed by atoms with E-state index in [-0.39, 0.29) is 0 Å². The molecular formula is C33H64O3. The van der Waals surface area contributed by atoms with Crippen molar-refractivity contribution in [2.45, 2.75) is 175 Å². The van der Waals surface area contributed by atoms with Crippen molar-refractivity contribution in [3.63, 3.8) is 0 Å². The van der Waals surface area contributed by atoms with Gasteiger partial charge in [0.05, 0.1) is 13.2 Å². The van der Waals surface area contributed by atoms with Crippen molar-refractivity contribution in [1.82, 2.24) is 0 Å². The molecule has 0 aliphatic heterocycles. The van der Waals surface area contributed by atoms with E-state index in [9.17, 15) is 4.79 Å². The molecule has 0 aromatic carbocycles. The minimum absolute atomic E-state index is 0.482. The number of rotatable bonds is 28. The quantitative estimate of drug-likeness (QED) is 0.0598. The molecule has 0 aromatic rings. The summed E-state index contributed by atoms with van der Waals surface area (Å²) in [6.45, 7) is 7.89. The minimum atomic E-state index is -0.482. The highest BCUT2D eigenvalue weighted by Crippen LogP contribution is 2.13. The van der Waals surface area contributed by atoms with Crippen molar-refractivity contribution in [3.8, 4) is 0 Å². The maximum absolute atomic E-state index is 11.7. The summed E-state index contributed by atoms with van der Waals surface area (Å²) < 4.78 is 10.4. The molecular weight excluding hydrogens is 444 g/mol. The molecule has 0 aliphatic rings. The van der Waals surface area contributed by atoms with E-state index in [2.05, 4.69) is 32.9 Å². The third kappa shape index (κ3) is 31.0. The molecule has 0 atom stereocenters. The van der Waals surface area contributed by atoms with Gasteiger partial charge in [-0.1, -0.05) is 148 Å². The smallest absolute Gasteiger partial charge is 0.434 e. The molecule has 0 bridgehead atoms. The number of hydrogen-bond acceptors (Lipinski definition) is 3. The summed E-state index contributed by atoms with van der Waals surface area (Å²) >= 11 is 0. The van der Waals surface area contributed by atoms with Gasteiger partial charge in [-0.05, 0) is 44.4 Å². The largest absolute Gasteiger partial charge is 0.508 e. The summed E-state index contributed by atoms with van der Waals surface area (Å²) in [5.74, 6) is 0.849. The van der Waals surface area contributed by atoms with Gasteiger partial charge >= 0.3 is 6.16 Å². The summed E-state index contributed by atoms with van der Waals surface area (Å²) in [5.41, 5.74) is 0. The van der Waals surface area contributed by atoms with Crippen molar-refractivity contribution in [2.75, 3.05) is 13.2 Å². The van der Waals surface area contributed by atoms with Gasteiger partial charge in [0.25, 0.3) is 0 Å². The molecule has 214 valence electrons. The van der Waals surface area contributed by atoms with Crippen molar-refractivity contribution >= 4 is 6.16 Å². The SMILES string of the molecule is CCCCCCCC/C=C\CCCCCCCCOC(=O)OCCCCCCCCCCCC(C)C. The molecule has 0 aliphatic carbocycles. The van der Waals surface area contributed by atoms with Crippen LogP contribution in [-0.2, 0) is 9.47 Å². The highest BCUT2D eigenvalue weighted by molar-refractivity contribution is 5.59. The number of unbranched alkanes of at least 4 members (excludes halogenated alkanes) is 20. The van der Waals surface area contributed by atoms with Crippen LogP contribution in [0.3, 0.4) is 0 Å². The lowest BCUT2D eigenvalue weighted by atomic mass is 10.0. The Balaban J connectivity index is 3.20. The standard InChI is InChI=1S/C33H64O3/c1-4-5-6-7-8-9-10-11-12-13-14-15-18-21-24-27-30-35-33(34)36-31-28-25-22-19-16-17-20-23-26-29-32(2)3/h11-12,32H,4-10,13-31H2,1-3H3/b12-11-. The second-order valence-electron chi connectivity index (χ2n) is 11.2. The second kappa shape index (κ2) is 30.2. The molecule has 0 amide bonds. The summed E-state index contributed by atoms with van der Waals surface area (Å²) in [6, 6.07) is 0. The fourth-order valence-corrected chi connectivity index (χ4v) is 4.59. The first kappa shape index (κ1) is 35.0. The zero-order chi connectivity index (χ0) is 26.4. The van der Waals surface area contributed by atoms with Crippen LogP contribution in [-0.4, -0.2) is 19.4 Å².